The minimum atomic E-state index is -0.414. The number of hydrogen-bond donors (Lipinski definition) is 2. The molecule has 0 unspecified atom stereocenters. The quantitative estimate of drug-likeness (QED) is 0.783. The lowest BCUT2D eigenvalue weighted by atomic mass is 9.77. The van der Waals surface area contributed by atoms with E-state index in [1.165, 1.54) is 12.1 Å². The Bertz CT molecular complexity index is 1030. The molecule has 28 heavy (non-hydrogen) atoms. The van der Waals surface area contributed by atoms with Gasteiger partial charge in [0.2, 0.25) is 0 Å². The number of halogens is 1. The van der Waals surface area contributed by atoms with Crippen LogP contribution < -0.4 is 10.6 Å². The molecule has 144 valence electrons. The third-order valence-corrected chi connectivity index (χ3v) is 6.35. The van der Waals surface area contributed by atoms with Crippen molar-refractivity contribution in [3.63, 3.8) is 0 Å². The van der Waals surface area contributed by atoms with Crippen LogP contribution in [0.2, 0.25) is 0 Å². The number of carbonyl (C=O) groups excluding carboxylic acids is 2. The van der Waals surface area contributed by atoms with E-state index in [0.29, 0.717) is 23.3 Å². The maximum Gasteiger partial charge on any atom is 0.254 e. The Morgan fingerprint density at radius 1 is 1.25 bits per heavy atom. The maximum absolute atomic E-state index is 13.5. The van der Waals surface area contributed by atoms with Gasteiger partial charge in [-0.3, -0.25) is 9.59 Å². The summed E-state index contributed by atoms with van der Waals surface area (Å²) in [5.41, 5.74) is 4.33. The Morgan fingerprint density at radius 3 is 2.79 bits per heavy atom. The molecule has 1 aliphatic heterocycles. The van der Waals surface area contributed by atoms with Gasteiger partial charge in [0, 0.05) is 39.5 Å². The first-order valence-corrected chi connectivity index (χ1v) is 10.2. The molecule has 0 fully saturated rings. The van der Waals surface area contributed by atoms with Crippen LogP contribution >= 0.6 is 11.3 Å². The van der Waals surface area contributed by atoms with Crippen molar-refractivity contribution in [2.24, 2.45) is 0 Å². The number of thiophene rings is 1. The molecule has 2 aromatic rings. The predicted octanol–water partition coefficient (Wildman–Crippen LogP) is 4.80. The number of carbonyl (C=O) groups is 2. The number of dihydropyridines is 1. The van der Waals surface area contributed by atoms with E-state index in [1.54, 1.807) is 23.5 Å². The first-order valence-electron chi connectivity index (χ1n) is 9.30. The molecule has 1 amide bonds. The lowest BCUT2D eigenvalue weighted by molar-refractivity contribution is -0.116. The van der Waals surface area contributed by atoms with Gasteiger partial charge in [0.05, 0.1) is 5.92 Å². The third-order valence-electron chi connectivity index (χ3n) is 5.27. The molecule has 2 aliphatic rings. The van der Waals surface area contributed by atoms with Crippen molar-refractivity contribution in [3.8, 4) is 0 Å². The van der Waals surface area contributed by atoms with Crippen molar-refractivity contribution in [2.45, 2.75) is 39.0 Å². The van der Waals surface area contributed by atoms with E-state index in [2.05, 4.69) is 10.6 Å². The molecule has 2 N–H and O–H groups in total. The average Bonchev–Trinajstić information content (AvgIpc) is 3.06. The van der Waals surface area contributed by atoms with Crippen LogP contribution in [-0.2, 0) is 9.59 Å². The summed E-state index contributed by atoms with van der Waals surface area (Å²) in [6.07, 6.45) is 2.12. The molecular formula is C22H21FN2O2S. The third kappa shape index (κ3) is 3.29. The molecule has 2 heterocycles. The van der Waals surface area contributed by atoms with Crippen molar-refractivity contribution in [2.75, 3.05) is 5.32 Å². The monoisotopic (exact) mass is 396 g/mol. The van der Waals surface area contributed by atoms with Crippen LogP contribution in [0.4, 0.5) is 10.1 Å². The number of allylic oxidation sites excluding steroid dienone is 3. The fourth-order valence-corrected chi connectivity index (χ4v) is 5.04. The van der Waals surface area contributed by atoms with E-state index in [1.807, 2.05) is 25.3 Å². The Morgan fingerprint density at radius 2 is 2.07 bits per heavy atom. The number of nitrogens with one attached hydrogen (secondary N) is 2. The van der Waals surface area contributed by atoms with Crippen LogP contribution in [-0.4, -0.2) is 11.7 Å². The van der Waals surface area contributed by atoms with Gasteiger partial charge in [-0.25, -0.2) is 4.39 Å². The SMILES string of the molecule is CC1=C(C(=O)Nc2cccc(F)c2)[C@H](c2sccc2C)C2=C(CCCC2=O)N1. The number of ketones is 1. The van der Waals surface area contributed by atoms with Crippen molar-refractivity contribution in [3.05, 3.63) is 74.5 Å². The number of hydrogen-bond acceptors (Lipinski definition) is 4. The van der Waals surface area contributed by atoms with E-state index in [-0.39, 0.29) is 11.7 Å². The second-order valence-electron chi connectivity index (χ2n) is 7.20. The number of benzene rings is 1. The second kappa shape index (κ2) is 7.36. The Balaban J connectivity index is 1.79. The van der Waals surface area contributed by atoms with E-state index in [0.717, 1.165) is 34.7 Å². The molecule has 1 aromatic heterocycles. The van der Waals surface area contributed by atoms with Crippen LogP contribution in [0.5, 0.6) is 0 Å². The molecular weight excluding hydrogens is 375 g/mol. The zero-order valence-corrected chi connectivity index (χ0v) is 16.6. The van der Waals surface area contributed by atoms with Crippen LogP contribution in [0.15, 0.2) is 58.3 Å². The minimum Gasteiger partial charge on any atom is -0.362 e. The summed E-state index contributed by atoms with van der Waals surface area (Å²) in [5.74, 6) is -1.03. The summed E-state index contributed by atoms with van der Waals surface area (Å²) in [7, 11) is 0. The smallest absolute Gasteiger partial charge is 0.254 e. The fourth-order valence-electron chi connectivity index (χ4n) is 3.99. The largest absolute Gasteiger partial charge is 0.362 e. The van der Waals surface area contributed by atoms with Crippen LogP contribution in [0.1, 0.15) is 42.5 Å². The number of rotatable bonds is 3. The Hall–Kier alpha value is -2.73. The van der Waals surface area contributed by atoms with Gasteiger partial charge >= 0.3 is 0 Å². The molecule has 0 radical (unpaired) electrons. The number of Topliss-reactive ketones (excluding diaryl/α,β-unsaturated/α-hetero) is 1. The number of aryl methyl sites for hydroxylation is 1. The molecule has 1 aromatic carbocycles. The highest BCUT2D eigenvalue weighted by molar-refractivity contribution is 7.10. The zero-order chi connectivity index (χ0) is 19.8. The minimum absolute atomic E-state index is 0.0927. The normalized spacial score (nSPS) is 19.4. The first-order chi connectivity index (χ1) is 13.5. The van der Waals surface area contributed by atoms with E-state index in [4.69, 9.17) is 0 Å². The highest BCUT2D eigenvalue weighted by Crippen LogP contribution is 2.45. The topological polar surface area (TPSA) is 58.2 Å². The van der Waals surface area contributed by atoms with Crippen molar-refractivity contribution in [1.82, 2.24) is 5.32 Å². The lowest BCUT2D eigenvalue weighted by Gasteiger charge is -2.34. The maximum atomic E-state index is 13.5. The molecule has 6 heteroatoms. The van der Waals surface area contributed by atoms with Gasteiger partial charge in [-0.15, -0.1) is 11.3 Å². The molecule has 1 aliphatic carbocycles. The molecule has 1 atom stereocenters. The summed E-state index contributed by atoms with van der Waals surface area (Å²) in [6.45, 7) is 3.86. The van der Waals surface area contributed by atoms with Gasteiger partial charge < -0.3 is 10.6 Å². The summed E-state index contributed by atoms with van der Waals surface area (Å²) < 4.78 is 13.5. The molecule has 0 spiro atoms. The summed E-state index contributed by atoms with van der Waals surface area (Å²) in [6, 6.07) is 7.82. The first kappa shape index (κ1) is 18.6. The standard InChI is InChI=1S/C22H21FN2O2S/c1-12-9-10-28-21(12)20-18(22(27)25-15-6-3-5-14(23)11-15)13(2)24-16-7-4-8-17(26)19(16)20/h3,5-6,9-11,20,24H,4,7-8H2,1-2H3,(H,25,27)/t20-/m0/s1. The molecule has 4 nitrogen and oxygen atoms in total. The second-order valence-corrected chi connectivity index (χ2v) is 8.15. The van der Waals surface area contributed by atoms with Gasteiger partial charge in [-0.1, -0.05) is 6.07 Å². The predicted molar refractivity (Wildman–Crippen MR) is 109 cm³/mol. The van der Waals surface area contributed by atoms with Crippen molar-refractivity contribution < 1.29 is 14.0 Å². The van der Waals surface area contributed by atoms with Crippen LogP contribution in [0.25, 0.3) is 0 Å². The van der Waals surface area contributed by atoms with Crippen molar-refractivity contribution >= 4 is 28.7 Å². The highest BCUT2D eigenvalue weighted by atomic mass is 32.1. The lowest BCUT2D eigenvalue weighted by Crippen LogP contribution is -2.35. The van der Waals surface area contributed by atoms with Gasteiger partial charge in [-0.05, 0) is 61.9 Å². The number of amides is 1. The van der Waals surface area contributed by atoms with Crippen LogP contribution in [0.3, 0.4) is 0 Å². The molecule has 0 saturated heterocycles. The van der Waals surface area contributed by atoms with E-state index in [9.17, 15) is 14.0 Å². The fraction of sp³-hybridized carbons (Fsp3) is 0.273. The Kier molecular flexibility index (Phi) is 4.89. The van der Waals surface area contributed by atoms with Gasteiger partial charge in [-0.2, -0.15) is 0 Å². The van der Waals surface area contributed by atoms with Gasteiger partial charge in [0.1, 0.15) is 5.82 Å². The van der Waals surface area contributed by atoms with E-state index < -0.39 is 11.7 Å². The van der Waals surface area contributed by atoms with Gasteiger partial charge in [0.25, 0.3) is 5.91 Å². The zero-order valence-electron chi connectivity index (χ0n) is 15.8. The summed E-state index contributed by atoms with van der Waals surface area (Å²) >= 11 is 1.56. The Labute approximate surface area is 167 Å². The number of anilines is 1. The van der Waals surface area contributed by atoms with Crippen molar-refractivity contribution in [1.29, 1.82) is 0 Å². The molecule has 4 rings (SSSR count). The summed E-state index contributed by atoms with van der Waals surface area (Å²) in [4.78, 5) is 27.1. The van der Waals surface area contributed by atoms with Gasteiger partial charge in [0.15, 0.2) is 5.78 Å². The van der Waals surface area contributed by atoms with Crippen LogP contribution in [0, 0.1) is 12.7 Å². The molecule has 0 bridgehead atoms. The highest BCUT2D eigenvalue weighted by Gasteiger charge is 2.39. The molecule has 0 saturated carbocycles. The average molecular weight is 396 g/mol. The summed E-state index contributed by atoms with van der Waals surface area (Å²) in [5, 5.41) is 8.08. The van der Waals surface area contributed by atoms with E-state index >= 15 is 0 Å².